The van der Waals surface area contributed by atoms with E-state index in [2.05, 4.69) is 15.2 Å². The van der Waals surface area contributed by atoms with E-state index in [1.165, 1.54) is 13.2 Å². The van der Waals surface area contributed by atoms with Crippen molar-refractivity contribution in [3.63, 3.8) is 0 Å². The summed E-state index contributed by atoms with van der Waals surface area (Å²) in [6, 6.07) is 4.80. The number of aromatic amines is 3. The molecule has 0 spiro atoms. The number of ether oxygens (including phenoxy) is 1. The number of hydrogen-bond donors (Lipinski definition) is 3. The number of benzene rings is 1. The van der Waals surface area contributed by atoms with E-state index in [0.29, 0.717) is 16.7 Å². The van der Waals surface area contributed by atoms with Crippen molar-refractivity contribution in [1.82, 2.24) is 15.2 Å². The monoisotopic (exact) mass is 259 g/mol. The average Bonchev–Trinajstić information content (AvgIpc) is 2.42. The Morgan fingerprint density at radius 2 is 1.79 bits per heavy atom. The minimum absolute atomic E-state index is 0.0357. The molecule has 19 heavy (non-hydrogen) atoms. The number of pyridine rings is 1. The molecule has 0 aliphatic heterocycles. The van der Waals surface area contributed by atoms with E-state index in [9.17, 15) is 14.4 Å². The summed E-state index contributed by atoms with van der Waals surface area (Å²) in [7, 11) is 1.48. The maximum Gasteiger partial charge on any atom is 0.287 e. The summed E-state index contributed by atoms with van der Waals surface area (Å²) >= 11 is 0. The average molecular weight is 259 g/mol. The van der Waals surface area contributed by atoms with Gasteiger partial charge in [-0.05, 0) is 18.2 Å². The van der Waals surface area contributed by atoms with Gasteiger partial charge in [0.05, 0.1) is 12.6 Å². The molecule has 7 heteroatoms. The fourth-order valence-electron chi connectivity index (χ4n) is 2.02. The van der Waals surface area contributed by atoms with Crippen molar-refractivity contribution in [3.8, 4) is 5.75 Å². The number of hydrogen-bond acceptors (Lipinski definition) is 4. The summed E-state index contributed by atoms with van der Waals surface area (Å²) < 4.78 is 5.04. The Morgan fingerprint density at radius 1 is 1.05 bits per heavy atom. The number of rotatable bonds is 1. The van der Waals surface area contributed by atoms with Gasteiger partial charge < -0.3 is 9.72 Å². The van der Waals surface area contributed by atoms with Crippen molar-refractivity contribution in [1.29, 1.82) is 0 Å². The summed E-state index contributed by atoms with van der Waals surface area (Å²) in [6.45, 7) is 0. The molecule has 0 fully saturated rings. The molecule has 3 N–H and O–H groups in total. The van der Waals surface area contributed by atoms with Crippen molar-refractivity contribution in [3.05, 3.63) is 49.1 Å². The SMILES string of the molecule is COc1ccc2[nH]c3c(=O)[nH][nH]c(=O)c3c(=O)c2c1. The normalized spacial score (nSPS) is 11.0. The van der Waals surface area contributed by atoms with Crippen molar-refractivity contribution in [2.45, 2.75) is 0 Å². The maximum atomic E-state index is 12.3. The summed E-state index contributed by atoms with van der Waals surface area (Å²) in [5, 5.41) is 4.41. The van der Waals surface area contributed by atoms with Gasteiger partial charge in [0, 0.05) is 5.39 Å². The molecule has 7 nitrogen and oxygen atoms in total. The van der Waals surface area contributed by atoms with Crippen LogP contribution < -0.4 is 21.3 Å². The van der Waals surface area contributed by atoms with Crippen LogP contribution in [0.15, 0.2) is 32.6 Å². The molecule has 3 rings (SSSR count). The van der Waals surface area contributed by atoms with E-state index in [-0.39, 0.29) is 10.9 Å². The first-order chi connectivity index (χ1) is 9.11. The first kappa shape index (κ1) is 11.3. The standard InChI is InChI=1S/C12H9N3O4/c1-19-5-2-3-7-6(4-5)10(16)8-9(13-7)12(18)15-14-11(8)17/h2-4H,1H3,(H,13,16)(H,14,17)(H,15,18). The number of H-pyrrole nitrogens is 3. The lowest BCUT2D eigenvalue weighted by Crippen LogP contribution is -2.25. The molecule has 0 saturated carbocycles. The van der Waals surface area contributed by atoms with Gasteiger partial charge in [0.2, 0.25) is 5.43 Å². The smallest absolute Gasteiger partial charge is 0.287 e. The quantitative estimate of drug-likeness (QED) is 0.537. The van der Waals surface area contributed by atoms with Crippen LogP contribution in [0.1, 0.15) is 0 Å². The van der Waals surface area contributed by atoms with Gasteiger partial charge in [-0.3, -0.25) is 24.6 Å². The minimum atomic E-state index is -0.638. The third-order valence-corrected chi connectivity index (χ3v) is 2.95. The molecule has 0 amide bonds. The van der Waals surface area contributed by atoms with Gasteiger partial charge in [0.25, 0.3) is 11.1 Å². The van der Waals surface area contributed by atoms with Crippen LogP contribution in [0.25, 0.3) is 21.8 Å². The second-order valence-corrected chi connectivity index (χ2v) is 4.02. The van der Waals surface area contributed by atoms with Crippen molar-refractivity contribution >= 4 is 21.8 Å². The van der Waals surface area contributed by atoms with Crippen LogP contribution in [-0.2, 0) is 0 Å². The van der Waals surface area contributed by atoms with Crippen LogP contribution in [0.5, 0.6) is 5.75 Å². The third-order valence-electron chi connectivity index (χ3n) is 2.95. The van der Waals surface area contributed by atoms with Crippen LogP contribution in [-0.4, -0.2) is 22.3 Å². The molecule has 0 aliphatic carbocycles. The summed E-state index contributed by atoms with van der Waals surface area (Å²) in [6.07, 6.45) is 0. The van der Waals surface area contributed by atoms with Crippen molar-refractivity contribution < 1.29 is 4.74 Å². The molecule has 96 valence electrons. The number of nitrogens with one attached hydrogen (secondary N) is 3. The van der Waals surface area contributed by atoms with Gasteiger partial charge in [0.15, 0.2) is 0 Å². The Hall–Kier alpha value is -2.83. The molecule has 2 aromatic heterocycles. The van der Waals surface area contributed by atoms with E-state index in [1.807, 2.05) is 0 Å². The highest BCUT2D eigenvalue weighted by Gasteiger charge is 2.11. The van der Waals surface area contributed by atoms with Crippen LogP contribution in [0, 0.1) is 0 Å². The molecule has 0 aliphatic rings. The summed E-state index contributed by atoms with van der Waals surface area (Å²) in [5.41, 5.74) is -1.26. The van der Waals surface area contributed by atoms with Crippen LogP contribution >= 0.6 is 0 Å². The lowest BCUT2D eigenvalue weighted by molar-refractivity contribution is 0.415. The van der Waals surface area contributed by atoms with Gasteiger partial charge in [-0.2, -0.15) is 0 Å². The van der Waals surface area contributed by atoms with Crippen molar-refractivity contribution in [2.24, 2.45) is 0 Å². The van der Waals surface area contributed by atoms with Gasteiger partial charge in [-0.15, -0.1) is 0 Å². The first-order valence-electron chi connectivity index (χ1n) is 5.46. The molecule has 0 unspecified atom stereocenters. The molecule has 0 atom stereocenters. The minimum Gasteiger partial charge on any atom is -0.497 e. The van der Waals surface area contributed by atoms with Gasteiger partial charge in [0.1, 0.15) is 16.7 Å². The molecule has 0 bridgehead atoms. The Bertz CT molecular complexity index is 965. The van der Waals surface area contributed by atoms with Crippen molar-refractivity contribution in [2.75, 3.05) is 7.11 Å². The zero-order valence-electron chi connectivity index (χ0n) is 9.87. The van der Waals surface area contributed by atoms with Gasteiger partial charge in [-0.1, -0.05) is 0 Å². The van der Waals surface area contributed by atoms with Crippen LogP contribution in [0.4, 0.5) is 0 Å². The molecule has 2 heterocycles. The predicted molar refractivity (Wildman–Crippen MR) is 69.9 cm³/mol. The van der Waals surface area contributed by atoms with Crippen LogP contribution in [0.2, 0.25) is 0 Å². The summed E-state index contributed by atoms with van der Waals surface area (Å²) in [4.78, 5) is 38.4. The highest BCUT2D eigenvalue weighted by Crippen LogP contribution is 2.17. The van der Waals surface area contributed by atoms with E-state index in [1.54, 1.807) is 12.1 Å². The fraction of sp³-hybridized carbons (Fsp3) is 0.0833. The topological polar surface area (TPSA) is 108 Å². The zero-order valence-corrected chi connectivity index (χ0v) is 9.87. The zero-order chi connectivity index (χ0) is 13.6. The van der Waals surface area contributed by atoms with E-state index in [0.717, 1.165) is 0 Å². The number of fused-ring (bicyclic) bond motifs is 2. The summed E-state index contributed by atoms with van der Waals surface area (Å²) in [5.74, 6) is 0.499. The third kappa shape index (κ3) is 1.55. The van der Waals surface area contributed by atoms with Gasteiger partial charge in [-0.25, -0.2) is 0 Å². The highest BCUT2D eigenvalue weighted by atomic mass is 16.5. The maximum absolute atomic E-state index is 12.3. The lowest BCUT2D eigenvalue weighted by atomic mass is 10.1. The molecule has 1 aromatic carbocycles. The lowest BCUT2D eigenvalue weighted by Gasteiger charge is -2.03. The second-order valence-electron chi connectivity index (χ2n) is 4.02. The largest absolute Gasteiger partial charge is 0.497 e. The second kappa shape index (κ2) is 3.84. The Labute approximate surface area is 104 Å². The van der Waals surface area contributed by atoms with Crippen LogP contribution in [0.3, 0.4) is 0 Å². The number of methoxy groups -OCH3 is 1. The Morgan fingerprint density at radius 3 is 2.53 bits per heavy atom. The molecule has 0 saturated heterocycles. The van der Waals surface area contributed by atoms with Gasteiger partial charge >= 0.3 is 0 Å². The van der Waals surface area contributed by atoms with E-state index >= 15 is 0 Å². The Kier molecular flexibility index (Phi) is 2.28. The fourth-order valence-corrected chi connectivity index (χ4v) is 2.02. The highest BCUT2D eigenvalue weighted by molar-refractivity contribution is 5.92. The van der Waals surface area contributed by atoms with E-state index < -0.39 is 16.5 Å². The molecular weight excluding hydrogens is 250 g/mol. The first-order valence-corrected chi connectivity index (χ1v) is 5.46. The number of aromatic nitrogens is 3. The van der Waals surface area contributed by atoms with E-state index in [4.69, 9.17) is 4.74 Å². The molecule has 0 radical (unpaired) electrons. The molecular formula is C12H9N3O4. The molecule has 3 aromatic rings. The Balaban J connectivity index is 2.65. The predicted octanol–water partition coefficient (Wildman–Crippen LogP) is 0.0665.